The zero-order chi connectivity index (χ0) is 13.3. The number of piperazine rings is 1. The van der Waals surface area contributed by atoms with Crippen LogP contribution >= 0.6 is 0 Å². The lowest BCUT2D eigenvalue weighted by Gasteiger charge is -2.39. The van der Waals surface area contributed by atoms with Gasteiger partial charge in [-0.15, -0.1) is 0 Å². The molecule has 1 aliphatic carbocycles. The van der Waals surface area contributed by atoms with Gasteiger partial charge in [0.05, 0.1) is 11.7 Å². The van der Waals surface area contributed by atoms with Crippen molar-refractivity contribution in [2.45, 2.75) is 82.6 Å². The Morgan fingerprint density at radius 3 is 2.74 bits per heavy atom. The van der Waals surface area contributed by atoms with Gasteiger partial charge in [0.25, 0.3) is 0 Å². The minimum Gasteiger partial charge on any atom is -0.370 e. The number of rotatable bonds is 2. The van der Waals surface area contributed by atoms with E-state index in [-0.39, 0.29) is 5.60 Å². The summed E-state index contributed by atoms with van der Waals surface area (Å²) >= 11 is 0. The molecule has 3 nitrogen and oxygen atoms in total. The second kappa shape index (κ2) is 5.71. The Morgan fingerprint density at radius 1 is 1.16 bits per heavy atom. The molecule has 0 aromatic carbocycles. The van der Waals surface area contributed by atoms with Crippen LogP contribution in [0.1, 0.15) is 58.8 Å². The molecule has 0 amide bonds. The van der Waals surface area contributed by atoms with Crippen LogP contribution in [0.2, 0.25) is 0 Å². The first-order valence-corrected chi connectivity index (χ1v) is 8.32. The number of hydrogen-bond donors (Lipinski definition) is 1. The quantitative estimate of drug-likeness (QED) is 0.831. The number of hydrogen-bond acceptors (Lipinski definition) is 3. The van der Waals surface area contributed by atoms with Gasteiger partial charge >= 0.3 is 0 Å². The lowest BCUT2D eigenvalue weighted by Crippen LogP contribution is -2.56. The Kier molecular flexibility index (Phi) is 4.16. The van der Waals surface area contributed by atoms with Crippen molar-refractivity contribution in [3.05, 3.63) is 0 Å². The van der Waals surface area contributed by atoms with Crippen molar-refractivity contribution in [2.24, 2.45) is 0 Å². The topological polar surface area (TPSA) is 24.5 Å². The van der Waals surface area contributed by atoms with E-state index < -0.39 is 0 Å². The van der Waals surface area contributed by atoms with Gasteiger partial charge < -0.3 is 10.1 Å². The van der Waals surface area contributed by atoms with Crippen LogP contribution in [0.5, 0.6) is 0 Å². The van der Waals surface area contributed by atoms with E-state index in [0.717, 1.165) is 13.1 Å². The first-order chi connectivity index (χ1) is 9.17. The van der Waals surface area contributed by atoms with Gasteiger partial charge in [0.1, 0.15) is 0 Å². The zero-order valence-electron chi connectivity index (χ0n) is 12.7. The number of nitrogens with one attached hydrogen (secondary N) is 1. The smallest absolute Gasteiger partial charge is 0.0710 e. The third-order valence-corrected chi connectivity index (χ3v) is 5.43. The normalized spacial score (nSPS) is 39.8. The van der Waals surface area contributed by atoms with Gasteiger partial charge in [-0.1, -0.05) is 19.3 Å². The second-order valence-corrected chi connectivity index (χ2v) is 7.13. The van der Waals surface area contributed by atoms with Crippen molar-refractivity contribution in [3.8, 4) is 0 Å². The highest BCUT2D eigenvalue weighted by molar-refractivity contribution is 4.93. The Balaban J connectivity index is 1.53. The summed E-state index contributed by atoms with van der Waals surface area (Å²) < 4.78 is 6.51. The van der Waals surface area contributed by atoms with Crippen molar-refractivity contribution in [1.29, 1.82) is 0 Å². The van der Waals surface area contributed by atoms with E-state index in [2.05, 4.69) is 24.1 Å². The maximum Gasteiger partial charge on any atom is 0.0710 e. The second-order valence-electron chi connectivity index (χ2n) is 7.13. The third kappa shape index (κ3) is 3.14. The molecule has 3 atom stereocenters. The van der Waals surface area contributed by atoms with Gasteiger partial charge in [-0.05, 0) is 39.5 Å². The number of nitrogens with zero attached hydrogens (tertiary/aromatic N) is 1. The van der Waals surface area contributed by atoms with Gasteiger partial charge in [-0.3, -0.25) is 4.90 Å². The van der Waals surface area contributed by atoms with E-state index in [1.807, 2.05) is 0 Å². The van der Waals surface area contributed by atoms with Crippen LogP contribution in [0.25, 0.3) is 0 Å². The van der Waals surface area contributed by atoms with Crippen LogP contribution in [-0.2, 0) is 4.74 Å². The molecule has 1 N–H and O–H groups in total. The molecule has 1 saturated carbocycles. The summed E-state index contributed by atoms with van der Waals surface area (Å²) in [5.74, 6) is 0. The van der Waals surface area contributed by atoms with E-state index in [0.29, 0.717) is 18.2 Å². The summed E-state index contributed by atoms with van der Waals surface area (Å²) in [4.78, 5) is 2.63. The molecule has 0 aromatic heterocycles. The Labute approximate surface area is 118 Å². The fraction of sp³-hybridized carbons (Fsp3) is 1.00. The molecule has 19 heavy (non-hydrogen) atoms. The van der Waals surface area contributed by atoms with Crippen LogP contribution < -0.4 is 5.32 Å². The predicted octanol–water partition coefficient (Wildman–Crippen LogP) is 2.55. The van der Waals surface area contributed by atoms with Gasteiger partial charge in [0.15, 0.2) is 0 Å². The van der Waals surface area contributed by atoms with Crippen LogP contribution in [-0.4, -0.2) is 48.3 Å². The molecule has 2 aliphatic heterocycles. The fourth-order valence-electron chi connectivity index (χ4n) is 4.20. The van der Waals surface area contributed by atoms with Gasteiger partial charge in [0, 0.05) is 31.7 Å². The largest absolute Gasteiger partial charge is 0.370 e. The highest BCUT2D eigenvalue weighted by atomic mass is 16.5. The van der Waals surface area contributed by atoms with Crippen molar-refractivity contribution >= 4 is 0 Å². The van der Waals surface area contributed by atoms with Crippen molar-refractivity contribution in [1.82, 2.24) is 10.2 Å². The van der Waals surface area contributed by atoms with Crippen LogP contribution in [0, 0.1) is 0 Å². The van der Waals surface area contributed by atoms with E-state index in [1.54, 1.807) is 0 Å². The molecule has 3 aliphatic rings. The molecule has 2 saturated heterocycles. The van der Waals surface area contributed by atoms with Crippen molar-refractivity contribution in [3.63, 3.8) is 0 Å². The van der Waals surface area contributed by atoms with E-state index in [1.165, 1.54) is 51.5 Å². The highest BCUT2D eigenvalue weighted by Gasteiger charge is 2.41. The van der Waals surface area contributed by atoms with E-state index in [9.17, 15) is 0 Å². The molecular weight excluding hydrogens is 236 g/mol. The Bertz CT molecular complexity index is 301. The molecule has 0 radical (unpaired) electrons. The summed E-state index contributed by atoms with van der Waals surface area (Å²) in [5, 5.41) is 3.56. The van der Waals surface area contributed by atoms with Crippen molar-refractivity contribution in [2.75, 3.05) is 19.6 Å². The first-order valence-electron chi connectivity index (χ1n) is 8.32. The lowest BCUT2D eigenvalue weighted by atomic mass is 9.83. The number of ether oxygens (including phenoxy) is 1. The standard InChI is InChI=1S/C16H30N2O/c1-13-11-18(14(2)10-17-13)12-15-6-9-16(19-15)7-4-3-5-8-16/h13-15,17H,3-12H2,1-2H3. The first kappa shape index (κ1) is 13.8. The van der Waals surface area contributed by atoms with Crippen LogP contribution in [0.4, 0.5) is 0 Å². The molecule has 0 bridgehead atoms. The summed E-state index contributed by atoms with van der Waals surface area (Å²) in [6, 6.07) is 1.28. The van der Waals surface area contributed by atoms with E-state index >= 15 is 0 Å². The maximum atomic E-state index is 6.51. The van der Waals surface area contributed by atoms with E-state index in [4.69, 9.17) is 4.74 Å². The Morgan fingerprint density at radius 2 is 1.95 bits per heavy atom. The predicted molar refractivity (Wildman–Crippen MR) is 78.4 cm³/mol. The average molecular weight is 266 g/mol. The molecule has 3 rings (SSSR count). The highest BCUT2D eigenvalue weighted by Crippen LogP contribution is 2.42. The molecule has 3 fully saturated rings. The minimum atomic E-state index is 0.284. The minimum absolute atomic E-state index is 0.284. The average Bonchev–Trinajstić information content (AvgIpc) is 2.78. The summed E-state index contributed by atoms with van der Waals surface area (Å²) in [7, 11) is 0. The maximum absolute atomic E-state index is 6.51. The van der Waals surface area contributed by atoms with Crippen LogP contribution in [0.15, 0.2) is 0 Å². The molecule has 1 spiro atoms. The molecule has 3 heteroatoms. The van der Waals surface area contributed by atoms with Gasteiger partial charge in [0.2, 0.25) is 0 Å². The SMILES string of the molecule is CC1CN(CC2CCC3(CCCCC3)O2)C(C)CN1. The monoisotopic (exact) mass is 266 g/mol. The van der Waals surface area contributed by atoms with Crippen LogP contribution in [0.3, 0.4) is 0 Å². The molecule has 110 valence electrons. The molecule has 0 aromatic rings. The van der Waals surface area contributed by atoms with Crippen molar-refractivity contribution < 1.29 is 4.74 Å². The summed E-state index contributed by atoms with van der Waals surface area (Å²) in [6.07, 6.45) is 9.90. The molecule has 3 unspecified atom stereocenters. The third-order valence-electron chi connectivity index (χ3n) is 5.43. The molecule has 2 heterocycles. The summed E-state index contributed by atoms with van der Waals surface area (Å²) in [5.41, 5.74) is 0.284. The summed E-state index contributed by atoms with van der Waals surface area (Å²) in [6.45, 7) is 8.07. The molecular formula is C16H30N2O. The lowest BCUT2D eigenvalue weighted by molar-refractivity contribution is -0.0763. The zero-order valence-corrected chi connectivity index (χ0v) is 12.7. The van der Waals surface area contributed by atoms with Gasteiger partial charge in [-0.2, -0.15) is 0 Å². The fourth-order valence-corrected chi connectivity index (χ4v) is 4.20. The Hall–Kier alpha value is -0.120. The van der Waals surface area contributed by atoms with Gasteiger partial charge in [-0.25, -0.2) is 0 Å².